The molecule has 2 aliphatic rings. The number of fused-ring (bicyclic) bond motifs is 1. The molecule has 3 rings (SSSR count). The Morgan fingerprint density at radius 1 is 1.46 bits per heavy atom. The van der Waals surface area contributed by atoms with E-state index >= 15 is 0 Å². The molecule has 3 heterocycles. The Hall–Kier alpha value is -2.55. The Morgan fingerprint density at radius 3 is 2.96 bits per heavy atom. The van der Waals surface area contributed by atoms with E-state index in [1.54, 1.807) is 20.0 Å². The highest BCUT2D eigenvalue weighted by Crippen LogP contribution is 2.19. The third kappa shape index (κ3) is 2.94. The number of amides is 4. The van der Waals surface area contributed by atoms with Gasteiger partial charge in [-0.05, 0) is 25.3 Å². The summed E-state index contributed by atoms with van der Waals surface area (Å²) in [5, 5.41) is 3.36. The summed E-state index contributed by atoms with van der Waals surface area (Å²) < 4.78 is 0. The van der Waals surface area contributed by atoms with Gasteiger partial charge in [-0.15, -0.1) is 0 Å². The zero-order valence-electron chi connectivity index (χ0n) is 13.7. The van der Waals surface area contributed by atoms with Gasteiger partial charge in [0, 0.05) is 19.3 Å². The molecule has 1 aromatic heterocycles. The monoisotopic (exact) mass is 332 g/mol. The van der Waals surface area contributed by atoms with Crippen molar-refractivity contribution in [3.8, 4) is 0 Å². The number of aromatic nitrogens is 2. The van der Waals surface area contributed by atoms with E-state index in [0.717, 1.165) is 22.7 Å². The zero-order valence-corrected chi connectivity index (χ0v) is 13.7. The first-order valence-corrected chi connectivity index (χ1v) is 7.89. The lowest BCUT2D eigenvalue weighted by Gasteiger charge is -2.27. The van der Waals surface area contributed by atoms with Crippen LogP contribution in [-0.2, 0) is 22.6 Å². The molecule has 1 atom stereocenters. The summed E-state index contributed by atoms with van der Waals surface area (Å²) in [6.07, 6.45) is 4.49. The van der Waals surface area contributed by atoms with Gasteiger partial charge in [-0.25, -0.2) is 14.8 Å². The number of carbonyl (C=O) groups excluding carboxylic acids is 3. The van der Waals surface area contributed by atoms with E-state index in [-0.39, 0.29) is 6.54 Å². The second kappa shape index (κ2) is 6.16. The van der Waals surface area contributed by atoms with Crippen molar-refractivity contribution in [2.45, 2.75) is 38.8 Å². The highest BCUT2D eigenvalue weighted by molar-refractivity contribution is 6.07. The minimum absolute atomic E-state index is 0.0866. The van der Waals surface area contributed by atoms with Crippen molar-refractivity contribution in [1.82, 2.24) is 30.6 Å². The van der Waals surface area contributed by atoms with Crippen LogP contribution in [0.2, 0.25) is 0 Å². The lowest BCUT2D eigenvalue weighted by Crippen LogP contribution is -2.51. The average molecular weight is 332 g/mol. The van der Waals surface area contributed by atoms with E-state index in [4.69, 9.17) is 0 Å². The standard InChI is InChI=1S/C15H20N6O3/c1-3-15(2)13(23)21(14(24)18-15)19-12(22)8-20-5-4-10-6-16-9-17-11(10)7-20/h6,9H,3-5,7-8H2,1-2H3,(H,18,24)(H,19,22)/t15-/m0/s1. The van der Waals surface area contributed by atoms with Crippen molar-refractivity contribution < 1.29 is 14.4 Å². The van der Waals surface area contributed by atoms with Crippen LogP contribution in [-0.4, -0.2) is 56.4 Å². The lowest BCUT2D eigenvalue weighted by molar-refractivity contribution is -0.139. The molecule has 1 aromatic rings. The average Bonchev–Trinajstić information content (AvgIpc) is 2.78. The smallest absolute Gasteiger partial charge is 0.322 e. The molecule has 1 fully saturated rings. The summed E-state index contributed by atoms with van der Waals surface area (Å²) in [5.74, 6) is -0.851. The van der Waals surface area contributed by atoms with Crippen LogP contribution in [0.3, 0.4) is 0 Å². The van der Waals surface area contributed by atoms with Gasteiger partial charge in [0.2, 0.25) is 0 Å². The number of nitrogens with one attached hydrogen (secondary N) is 2. The van der Waals surface area contributed by atoms with Gasteiger partial charge in [0.15, 0.2) is 0 Å². The lowest BCUT2D eigenvalue weighted by atomic mass is 10.00. The maximum Gasteiger partial charge on any atom is 0.344 e. The fourth-order valence-electron chi connectivity index (χ4n) is 2.83. The van der Waals surface area contributed by atoms with Gasteiger partial charge in [0.25, 0.3) is 11.8 Å². The predicted molar refractivity (Wildman–Crippen MR) is 83.2 cm³/mol. The summed E-state index contributed by atoms with van der Waals surface area (Å²) in [6.45, 7) is 4.76. The van der Waals surface area contributed by atoms with Gasteiger partial charge < -0.3 is 5.32 Å². The number of urea groups is 1. The van der Waals surface area contributed by atoms with Crippen LogP contribution < -0.4 is 10.7 Å². The molecule has 128 valence electrons. The predicted octanol–water partition coefficient (Wildman–Crippen LogP) is -0.414. The zero-order chi connectivity index (χ0) is 17.3. The van der Waals surface area contributed by atoms with Crippen molar-refractivity contribution >= 4 is 17.8 Å². The molecular weight excluding hydrogens is 312 g/mol. The number of rotatable bonds is 4. The third-order valence-electron chi connectivity index (χ3n) is 4.52. The Labute approximate surface area is 139 Å². The van der Waals surface area contributed by atoms with Crippen LogP contribution >= 0.6 is 0 Å². The molecule has 9 heteroatoms. The van der Waals surface area contributed by atoms with Gasteiger partial charge in [-0.2, -0.15) is 5.01 Å². The van der Waals surface area contributed by atoms with Crippen molar-refractivity contribution in [3.63, 3.8) is 0 Å². The second-order valence-corrected chi connectivity index (χ2v) is 6.25. The fraction of sp³-hybridized carbons (Fsp3) is 0.533. The summed E-state index contributed by atoms with van der Waals surface area (Å²) >= 11 is 0. The van der Waals surface area contributed by atoms with E-state index in [1.165, 1.54) is 6.33 Å². The molecule has 0 bridgehead atoms. The van der Waals surface area contributed by atoms with Gasteiger partial charge in [0.1, 0.15) is 11.9 Å². The van der Waals surface area contributed by atoms with Crippen LogP contribution in [0.25, 0.3) is 0 Å². The summed E-state index contributed by atoms with van der Waals surface area (Å²) in [4.78, 5) is 46.5. The fourth-order valence-corrected chi connectivity index (χ4v) is 2.83. The van der Waals surface area contributed by atoms with E-state index < -0.39 is 23.4 Å². The molecule has 2 aliphatic heterocycles. The minimum Gasteiger partial charge on any atom is -0.322 e. The Bertz CT molecular complexity index is 694. The molecule has 2 N–H and O–H groups in total. The van der Waals surface area contributed by atoms with Gasteiger partial charge in [0.05, 0.1) is 12.2 Å². The molecule has 0 spiro atoms. The summed E-state index contributed by atoms with van der Waals surface area (Å²) in [5.41, 5.74) is 3.42. The Balaban J connectivity index is 1.59. The number of hydrazine groups is 1. The molecule has 24 heavy (non-hydrogen) atoms. The number of carbonyl (C=O) groups is 3. The summed E-state index contributed by atoms with van der Waals surface area (Å²) in [6, 6.07) is -0.602. The Kier molecular flexibility index (Phi) is 4.18. The maximum absolute atomic E-state index is 12.3. The molecule has 0 radical (unpaired) electrons. The first-order valence-electron chi connectivity index (χ1n) is 7.89. The largest absolute Gasteiger partial charge is 0.344 e. The topological polar surface area (TPSA) is 108 Å². The van der Waals surface area contributed by atoms with Crippen molar-refractivity contribution in [1.29, 1.82) is 0 Å². The van der Waals surface area contributed by atoms with E-state index in [0.29, 0.717) is 19.5 Å². The summed E-state index contributed by atoms with van der Waals surface area (Å²) in [7, 11) is 0. The quantitative estimate of drug-likeness (QED) is 0.726. The third-order valence-corrected chi connectivity index (χ3v) is 4.52. The van der Waals surface area contributed by atoms with Crippen LogP contribution in [0.5, 0.6) is 0 Å². The molecule has 4 amide bonds. The molecule has 9 nitrogen and oxygen atoms in total. The molecule has 1 saturated heterocycles. The van der Waals surface area contributed by atoms with Crippen molar-refractivity contribution in [2.24, 2.45) is 0 Å². The molecule has 0 saturated carbocycles. The molecular formula is C15H20N6O3. The number of imide groups is 1. The van der Waals surface area contributed by atoms with Crippen LogP contribution in [0.15, 0.2) is 12.5 Å². The van der Waals surface area contributed by atoms with Crippen LogP contribution in [0.4, 0.5) is 4.79 Å². The Morgan fingerprint density at radius 2 is 2.25 bits per heavy atom. The number of hydrogen-bond acceptors (Lipinski definition) is 6. The van der Waals surface area contributed by atoms with Crippen LogP contribution in [0, 0.1) is 0 Å². The van der Waals surface area contributed by atoms with E-state index in [1.807, 2.05) is 4.90 Å². The first-order chi connectivity index (χ1) is 11.4. The molecule has 0 unspecified atom stereocenters. The number of hydrogen-bond donors (Lipinski definition) is 2. The van der Waals surface area contributed by atoms with Crippen LogP contribution in [0.1, 0.15) is 31.5 Å². The highest BCUT2D eigenvalue weighted by Gasteiger charge is 2.47. The van der Waals surface area contributed by atoms with Crippen molar-refractivity contribution in [3.05, 3.63) is 23.8 Å². The first kappa shape index (κ1) is 16.3. The van der Waals surface area contributed by atoms with Gasteiger partial charge in [-0.1, -0.05) is 6.92 Å². The molecule has 0 aromatic carbocycles. The SMILES string of the molecule is CC[C@]1(C)NC(=O)N(NC(=O)CN2CCc3cncnc3C2)C1=O. The highest BCUT2D eigenvalue weighted by atomic mass is 16.2. The maximum atomic E-state index is 12.3. The minimum atomic E-state index is -0.967. The van der Waals surface area contributed by atoms with Crippen molar-refractivity contribution in [2.75, 3.05) is 13.1 Å². The molecule has 0 aliphatic carbocycles. The normalized spacial score (nSPS) is 23.8. The second-order valence-electron chi connectivity index (χ2n) is 6.25. The van der Waals surface area contributed by atoms with E-state index in [9.17, 15) is 14.4 Å². The van der Waals surface area contributed by atoms with E-state index in [2.05, 4.69) is 20.7 Å². The van der Waals surface area contributed by atoms with Gasteiger partial charge in [-0.3, -0.25) is 19.9 Å². The van der Waals surface area contributed by atoms with Gasteiger partial charge >= 0.3 is 6.03 Å². The number of nitrogens with zero attached hydrogens (tertiary/aromatic N) is 4.